The van der Waals surface area contributed by atoms with Gasteiger partial charge in [-0.2, -0.15) is 0 Å². The summed E-state index contributed by atoms with van der Waals surface area (Å²) in [6, 6.07) is -5.22. The van der Waals surface area contributed by atoms with Gasteiger partial charge in [-0.15, -0.1) is 0 Å². The predicted octanol–water partition coefficient (Wildman–Crippen LogP) is -3.67. The lowest BCUT2D eigenvalue weighted by Gasteiger charge is -2.26. The summed E-state index contributed by atoms with van der Waals surface area (Å²) in [5, 5.41) is 35.5. The van der Waals surface area contributed by atoms with E-state index in [0.29, 0.717) is 6.42 Å². The molecule has 14 heteroatoms. The molecule has 3 amide bonds. The van der Waals surface area contributed by atoms with Gasteiger partial charge >= 0.3 is 5.97 Å². The van der Waals surface area contributed by atoms with E-state index in [1.165, 1.54) is 6.92 Å². The van der Waals surface area contributed by atoms with Gasteiger partial charge in [0.05, 0.1) is 18.8 Å². The number of aliphatic carboxylic acids is 1. The lowest BCUT2D eigenvalue weighted by atomic mass is 9.99. The lowest BCUT2D eigenvalue weighted by molar-refractivity contribution is -0.143. The molecule has 12 N–H and O–H groups in total. The zero-order chi connectivity index (χ0) is 25.7. The number of guanidine groups is 1. The highest BCUT2D eigenvalue weighted by atomic mass is 16.4. The Morgan fingerprint density at radius 2 is 1.55 bits per heavy atom. The molecule has 0 fully saturated rings. The van der Waals surface area contributed by atoms with Gasteiger partial charge < -0.3 is 48.5 Å². The standard InChI is InChI=1S/C19H37N7O7/c1-4-9(2)13(20)16(30)25-12(8-27)15(29)26-14(10(3)28)17(31)24-11(18(32)33)6-5-7-23-19(21)22/h9-14,27-28H,4-8,20H2,1-3H3,(H,24,31)(H,25,30)(H,26,29)(H,32,33)(H4,21,22,23). The zero-order valence-electron chi connectivity index (χ0n) is 19.2. The molecule has 0 bridgehead atoms. The molecule has 0 aliphatic rings. The summed E-state index contributed by atoms with van der Waals surface area (Å²) < 4.78 is 0. The minimum absolute atomic E-state index is 0.0127. The van der Waals surface area contributed by atoms with Crippen molar-refractivity contribution in [2.45, 2.75) is 70.3 Å². The van der Waals surface area contributed by atoms with Crippen LogP contribution in [0.3, 0.4) is 0 Å². The molecular formula is C19H37N7O7. The summed E-state index contributed by atoms with van der Waals surface area (Å²) in [6.07, 6.45) is -0.565. The average Bonchev–Trinajstić information content (AvgIpc) is 2.75. The summed E-state index contributed by atoms with van der Waals surface area (Å²) in [7, 11) is 0. The van der Waals surface area contributed by atoms with E-state index in [4.69, 9.17) is 17.2 Å². The lowest BCUT2D eigenvalue weighted by Crippen LogP contribution is -2.60. The second-order valence-corrected chi connectivity index (χ2v) is 7.73. The maximum Gasteiger partial charge on any atom is 0.326 e. The van der Waals surface area contributed by atoms with Crippen molar-refractivity contribution in [3.63, 3.8) is 0 Å². The zero-order valence-corrected chi connectivity index (χ0v) is 19.2. The van der Waals surface area contributed by atoms with Crippen molar-refractivity contribution in [1.29, 1.82) is 0 Å². The average molecular weight is 476 g/mol. The van der Waals surface area contributed by atoms with Crippen LogP contribution >= 0.6 is 0 Å². The smallest absolute Gasteiger partial charge is 0.326 e. The number of aliphatic hydroxyl groups excluding tert-OH is 2. The summed E-state index contributed by atoms with van der Waals surface area (Å²) in [5.74, 6) is -4.25. The normalized spacial score (nSPS) is 16.3. The first-order valence-electron chi connectivity index (χ1n) is 10.6. The third kappa shape index (κ3) is 10.9. The van der Waals surface area contributed by atoms with Crippen LogP contribution in [-0.2, 0) is 19.2 Å². The van der Waals surface area contributed by atoms with E-state index >= 15 is 0 Å². The Hall–Kier alpha value is -2.97. The SMILES string of the molecule is CCC(C)C(N)C(=O)NC(CO)C(=O)NC(C(=O)NC(CCCN=C(N)N)C(=O)O)C(C)O. The van der Waals surface area contributed by atoms with Crippen molar-refractivity contribution in [2.24, 2.45) is 28.1 Å². The summed E-state index contributed by atoms with van der Waals surface area (Å²) in [4.78, 5) is 52.5. The monoisotopic (exact) mass is 475 g/mol. The van der Waals surface area contributed by atoms with Crippen LogP contribution in [0.25, 0.3) is 0 Å². The van der Waals surface area contributed by atoms with Crippen molar-refractivity contribution in [2.75, 3.05) is 13.2 Å². The molecule has 14 nitrogen and oxygen atoms in total. The molecule has 0 radical (unpaired) electrons. The van der Waals surface area contributed by atoms with E-state index in [-0.39, 0.29) is 31.3 Å². The topological polar surface area (TPSA) is 255 Å². The second kappa shape index (κ2) is 15.0. The molecule has 0 heterocycles. The maximum atomic E-state index is 12.6. The fourth-order valence-corrected chi connectivity index (χ4v) is 2.66. The molecule has 0 aliphatic carbocycles. The summed E-state index contributed by atoms with van der Waals surface area (Å²) in [6.45, 7) is 4.16. The number of nitrogens with one attached hydrogen (secondary N) is 3. The highest BCUT2D eigenvalue weighted by Gasteiger charge is 2.32. The minimum atomic E-state index is -1.55. The maximum absolute atomic E-state index is 12.6. The second-order valence-electron chi connectivity index (χ2n) is 7.73. The number of hydrogen-bond acceptors (Lipinski definition) is 8. The Morgan fingerprint density at radius 1 is 0.970 bits per heavy atom. The van der Waals surface area contributed by atoms with E-state index in [2.05, 4.69) is 20.9 Å². The molecule has 33 heavy (non-hydrogen) atoms. The summed E-state index contributed by atoms with van der Waals surface area (Å²) in [5.41, 5.74) is 16.2. The van der Waals surface area contributed by atoms with Crippen LogP contribution in [0.4, 0.5) is 0 Å². The number of aliphatic hydroxyl groups is 2. The molecule has 0 saturated heterocycles. The molecule has 0 aromatic carbocycles. The molecule has 6 atom stereocenters. The summed E-state index contributed by atoms with van der Waals surface area (Å²) >= 11 is 0. The minimum Gasteiger partial charge on any atom is -0.480 e. The third-order valence-corrected chi connectivity index (χ3v) is 5.00. The third-order valence-electron chi connectivity index (χ3n) is 5.00. The molecule has 0 rings (SSSR count). The number of nitrogens with two attached hydrogens (primary N) is 3. The Balaban J connectivity index is 5.17. The molecule has 0 aromatic heterocycles. The Labute approximate surface area is 192 Å². The quantitative estimate of drug-likeness (QED) is 0.0636. The first-order chi connectivity index (χ1) is 15.3. The van der Waals surface area contributed by atoms with Gasteiger partial charge in [0.1, 0.15) is 18.1 Å². The Bertz CT molecular complexity index is 698. The molecular weight excluding hydrogens is 438 g/mol. The Morgan fingerprint density at radius 3 is 2.00 bits per heavy atom. The van der Waals surface area contributed by atoms with E-state index in [1.807, 2.05) is 6.92 Å². The highest BCUT2D eigenvalue weighted by molar-refractivity contribution is 5.94. The van der Waals surface area contributed by atoms with Gasteiger partial charge in [-0.05, 0) is 25.7 Å². The molecule has 0 spiro atoms. The van der Waals surface area contributed by atoms with E-state index in [1.54, 1.807) is 6.92 Å². The molecule has 0 aromatic rings. The number of carbonyl (C=O) groups excluding carboxylic acids is 3. The number of amides is 3. The van der Waals surface area contributed by atoms with Crippen LogP contribution in [0.15, 0.2) is 4.99 Å². The van der Waals surface area contributed by atoms with Crippen LogP contribution in [0, 0.1) is 5.92 Å². The van der Waals surface area contributed by atoms with E-state index in [0.717, 1.165) is 0 Å². The van der Waals surface area contributed by atoms with Gasteiger partial charge in [-0.3, -0.25) is 19.4 Å². The molecule has 0 aliphatic heterocycles. The van der Waals surface area contributed by atoms with E-state index < -0.39 is 60.6 Å². The predicted molar refractivity (Wildman–Crippen MR) is 120 cm³/mol. The van der Waals surface area contributed by atoms with Gasteiger partial charge in [0.15, 0.2) is 5.96 Å². The van der Waals surface area contributed by atoms with Gasteiger partial charge in [0.2, 0.25) is 17.7 Å². The van der Waals surface area contributed by atoms with Crippen molar-refractivity contribution in [3.05, 3.63) is 0 Å². The van der Waals surface area contributed by atoms with E-state index in [9.17, 15) is 34.5 Å². The molecule has 190 valence electrons. The number of rotatable bonds is 15. The van der Waals surface area contributed by atoms with Crippen LogP contribution in [0.2, 0.25) is 0 Å². The first kappa shape index (κ1) is 30.0. The highest BCUT2D eigenvalue weighted by Crippen LogP contribution is 2.06. The van der Waals surface area contributed by atoms with Crippen molar-refractivity contribution < 1.29 is 34.5 Å². The number of hydrogen-bond donors (Lipinski definition) is 9. The fraction of sp³-hybridized carbons (Fsp3) is 0.737. The Kier molecular flexibility index (Phi) is 13.6. The van der Waals surface area contributed by atoms with Gasteiger partial charge in [-0.1, -0.05) is 20.3 Å². The number of aliphatic imine (C=N–C) groups is 1. The number of carboxylic acids is 1. The molecule has 0 saturated carbocycles. The largest absolute Gasteiger partial charge is 0.480 e. The van der Waals surface area contributed by atoms with Crippen molar-refractivity contribution >= 4 is 29.7 Å². The fourth-order valence-electron chi connectivity index (χ4n) is 2.66. The van der Waals surface area contributed by atoms with Crippen LogP contribution in [0.5, 0.6) is 0 Å². The van der Waals surface area contributed by atoms with Gasteiger partial charge in [-0.25, -0.2) is 4.79 Å². The van der Waals surface area contributed by atoms with Gasteiger partial charge in [0, 0.05) is 6.54 Å². The number of carbonyl (C=O) groups is 4. The molecule has 6 unspecified atom stereocenters. The first-order valence-corrected chi connectivity index (χ1v) is 10.6. The van der Waals surface area contributed by atoms with Crippen molar-refractivity contribution in [1.82, 2.24) is 16.0 Å². The van der Waals surface area contributed by atoms with Crippen LogP contribution in [0.1, 0.15) is 40.0 Å². The van der Waals surface area contributed by atoms with Crippen molar-refractivity contribution in [3.8, 4) is 0 Å². The van der Waals surface area contributed by atoms with Gasteiger partial charge in [0.25, 0.3) is 0 Å². The van der Waals surface area contributed by atoms with Crippen LogP contribution in [-0.4, -0.2) is 88.4 Å². The number of nitrogens with zero attached hydrogens (tertiary/aromatic N) is 1. The number of carboxylic acid groups (broad SMARTS) is 1. The van der Waals surface area contributed by atoms with Crippen LogP contribution < -0.4 is 33.2 Å².